The van der Waals surface area contributed by atoms with Gasteiger partial charge in [0, 0.05) is 12.6 Å². The van der Waals surface area contributed by atoms with Crippen LogP contribution < -0.4 is 15.4 Å². The molecule has 0 bridgehead atoms. The Kier molecular flexibility index (Phi) is 6.26. The number of ether oxygens (including phenoxy) is 2. The van der Waals surface area contributed by atoms with Gasteiger partial charge in [-0.15, -0.1) is 0 Å². The van der Waals surface area contributed by atoms with Gasteiger partial charge in [0.2, 0.25) is 5.91 Å². The summed E-state index contributed by atoms with van der Waals surface area (Å²) in [4.78, 5) is 12.4. The van der Waals surface area contributed by atoms with Crippen LogP contribution in [0.1, 0.15) is 29.7 Å². The number of hydrogen-bond acceptors (Lipinski definition) is 4. The molecule has 2 aromatic carbocycles. The molecule has 1 heterocycles. The molecule has 3 rings (SSSR count). The van der Waals surface area contributed by atoms with E-state index in [4.69, 9.17) is 9.47 Å². The van der Waals surface area contributed by atoms with Crippen molar-refractivity contribution in [2.75, 3.05) is 20.2 Å². The minimum atomic E-state index is -0.514. The monoisotopic (exact) mass is 354 g/mol. The summed E-state index contributed by atoms with van der Waals surface area (Å²) in [6.45, 7) is 3.64. The molecule has 0 spiro atoms. The summed E-state index contributed by atoms with van der Waals surface area (Å²) in [7, 11) is 1.63. The fraction of sp³-hybridized carbons (Fsp3) is 0.381. The van der Waals surface area contributed by atoms with E-state index >= 15 is 0 Å². The molecular weight excluding hydrogens is 328 g/mol. The van der Waals surface area contributed by atoms with Crippen molar-refractivity contribution >= 4 is 5.91 Å². The smallest absolute Gasteiger partial charge is 0.248 e. The van der Waals surface area contributed by atoms with Gasteiger partial charge in [0.05, 0.1) is 13.7 Å². The Morgan fingerprint density at radius 2 is 2.12 bits per heavy atom. The van der Waals surface area contributed by atoms with E-state index in [0.29, 0.717) is 13.2 Å². The van der Waals surface area contributed by atoms with E-state index in [1.807, 2.05) is 30.3 Å². The highest BCUT2D eigenvalue weighted by Gasteiger charge is 2.21. The highest BCUT2D eigenvalue weighted by molar-refractivity contribution is 5.80. The maximum atomic E-state index is 12.4. The van der Waals surface area contributed by atoms with Gasteiger partial charge in [-0.1, -0.05) is 36.4 Å². The molecule has 0 radical (unpaired) electrons. The van der Waals surface area contributed by atoms with Gasteiger partial charge in [-0.05, 0) is 48.7 Å². The number of nitrogens with one attached hydrogen (secondary N) is 2. The van der Waals surface area contributed by atoms with Crippen LogP contribution in [0.2, 0.25) is 0 Å². The maximum absolute atomic E-state index is 12.4. The third-order valence-corrected chi connectivity index (χ3v) is 4.70. The summed E-state index contributed by atoms with van der Waals surface area (Å²) >= 11 is 0. The molecule has 2 unspecified atom stereocenters. The van der Waals surface area contributed by atoms with Crippen LogP contribution in [-0.4, -0.2) is 32.2 Å². The number of rotatable bonds is 7. The summed E-state index contributed by atoms with van der Waals surface area (Å²) in [5.74, 6) is 0.683. The molecule has 2 atom stereocenters. The molecule has 1 aliphatic rings. The van der Waals surface area contributed by atoms with Crippen LogP contribution in [0.25, 0.3) is 0 Å². The molecule has 26 heavy (non-hydrogen) atoms. The number of methoxy groups -OCH3 is 1. The predicted molar refractivity (Wildman–Crippen MR) is 101 cm³/mol. The Morgan fingerprint density at radius 3 is 2.96 bits per heavy atom. The van der Waals surface area contributed by atoms with Gasteiger partial charge in [-0.25, -0.2) is 0 Å². The molecule has 138 valence electrons. The van der Waals surface area contributed by atoms with E-state index in [2.05, 4.69) is 28.8 Å². The number of carbonyl (C=O) groups excluding carboxylic acids is 1. The molecule has 2 N–H and O–H groups in total. The first kappa shape index (κ1) is 18.4. The molecule has 0 aromatic heterocycles. The zero-order valence-corrected chi connectivity index (χ0v) is 15.3. The first-order valence-corrected chi connectivity index (χ1v) is 9.01. The average molecular weight is 354 g/mol. The van der Waals surface area contributed by atoms with Crippen LogP contribution >= 0.6 is 0 Å². The number of amides is 1. The van der Waals surface area contributed by atoms with Crippen molar-refractivity contribution in [3.63, 3.8) is 0 Å². The molecule has 0 saturated carbocycles. The summed E-state index contributed by atoms with van der Waals surface area (Å²) in [6, 6.07) is 16.2. The van der Waals surface area contributed by atoms with Crippen LogP contribution in [0.15, 0.2) is 48.5 Å². The molecule has 0 saturated heterocycles. The molecule has 1 amide bonds. The first-order valence-electron chi connectivity index (χ1n) is 9.01. The van der Waals surface area contributed by atoms with E-state index in [1.54, 1.807) is 14.0 Å². The molecule has 2 aromatic rings. The first-order chi connectivity index (χ1) is 12.7. The van der Waals surface area contributed by atoms with Gasteiger partial charge >= 0.3 is 0 Å². The van der Waals surface area contributed by atoms with Gasteiger partial charge in [-0.2, -0.15) is 0 Å². The van der Waals surface area contributed by atoms with Crippen LogP contribution in [0.3, 0.4) is 0 Å². The van der Waals surface area contributed by atoms with Crippen molar-refractivity contribution in [3.8, 4) is 5.75 Å². The normalized spacial score (nSPS) is 17.2. The molecule has 0 aliphatic carbocycles. The van der Waals surface area contributed by atoms with E-state index in [0.717, 1.165) is 24.3 Å². The molecular formula is C21H26N2O3. The Morgan fingerprint density at radius 1 is 1.27 bits per heavy atom. The Labute approximate surface area is 154 Å². The Bertz CT molecular complexity index is 748. The standard InChI is InChI=1S/C21H26N2O3/c1-15(26-14-16-6-5-8-18(12-16)25-2)21(24)23-13-20-19-9-4-3-7-17(19)10-11-22-20/h3-9,12,15,20,22H,10-11,13-14H2,1-2H3,(H,23,24). The van der Waals surface area contributed by atoms with Crippen LogP contribution in [0.5, 0.6) is 5.75 Å². The van der Waals surface area contributed by atoms with Crippen molar-refractivity contribution in [2.45, 2.75) is 32.1 Å². The number of hydrogen-bond donors (Lipinski definition) is 2. The third kappa shape index (κ3) is 4.62. The molecule has 0 fully saturated rings. The maximum Gasteiger partial charge on any atom is 0.248 e. The highest BCUT2D eigenvalue weighted by atomic mass is 16.5. The van der Waals surface area contributed by atoms with Crippen LogP contribution in [-0.2, 0) is 22.6 Å². The lowest BCUT2D eigenvalue weighted by atomic mass is 9.94. The lowest BCUT2D eigenvalue weighted by Gasteiger charge is -2.27. The number of carbonyl (C=O) groups is 1. The number of fused-ring (bicyclic) bond motifs is 1. The van der Waals surface area contributed by atoms with E-state index in [-0.39, 0.29) is 11.9 Å². The van der Waals surface area contributed by atoms with Crippen molar-refractivity contribution in [2.24, 2.45) is 0 Å². The van der Waals surface area contributed by atoms with Gasteiger partial charge < -0.3 is 20.1 Å². The second kappa shape index (κ2) is 8.83. The third-order valence-electron chi connectivity index (χ3n) is 4.70. The Hall–Kier alpha value is -2.37. The molecule has 5 nitrogen and oxygen atoms in total. The zero-order chi connectivity index (χ0) is 18.4. The predicted octanol–water partition coefficient (Wildman–Crippen LogP) is 2.60. The van der Waals surface area contributed by atoms with Crippen molar-refractivity contribution in [3.05, 3.63) is 65.2 Å². The SMILES string of the molecule is COc1cccc(COC(C)C(=O)NCC2NCCc3ccccc32)c1. The molecule has 1 aliphatic heterocycles. The van der Waals surface area contributed by atoms with Crippen molar-refractivity contribution < 1.29 is 14.3 Å². The summed E-state index contributed by atoms with van der Waals surface area (Å²) in [5, 5.41) is 6.47. The fourth-order valence-electron chi connectivity index (χ4n) is 3.18. The van der Waals surface area contributed by atoms with Gasteiger partial charge in [0.25, 0.3) is 0 Å². The zero-order valence-electron chi connectivity index (χ0n) is 15.3. The lowest BCUT2D eigenvalue weighted by molar-refractivity contribution is -0.132. The van der Waals surface area contributed by atoms with E-state index < -0.39 is 6.10 Å². The minimum Gasteiger partial charge on any atom is -0.497 e. The second-order valence-electron chi connectivity index (χ2n) is 6.51. The average Bonchev–Trinajstić information content (AvgIpc) is 2.70. The summed E-state index contributed by atoms with van der Waals surface area (Å²) < 4.78 is 10.9. The highest BCUT2D eigenvalue weighted by Crippen LogP contribution is 2.22. The second-order valence-corrected chi connectivity index (χ2v) is 6.51. The number of benzene rings is 2. The van der Waals surface area contributed by atoms with E-state index in [1.165, 1.54) is 11.1 Å². The summed E-state index contributed by atoms with van der Waals surface area (Å²) in [6.07, 6.45) is 0.515. The van der Waals surface area contributed by atoms with Crippen LogP contribution in [0.4, 0.5) is 0 Å². The largest absolute Gasteiger partial charge is 0.497 e. The molecule has 5 heteroatoms. The van der Waals surface area contributed by atoms with Gasteiger partial charge in [0.15, 0.2) is 0 Å². The Balaban J connectivity index is 1.49. The van der Waals surface area contributed by atoms with Gasteiger partial charge in [0.1, 0.15) is 11.9 Å². The van der Waals surface area contributed by atoms with Crippen LogP contribution in [0, 0.1) is 0 Å². The summed E-state index contributed by atoms with van der Waals surface area (Å²) in [5.41, 5.74) is 3.60. The van der Waals surface area contributed by atoms with Crippen molar-refractivity contribution in [1.29, 1.82) is 0 Å². The minimum absolute atomic E-state index is 0.0993. The quantitative estimate of drug-likeness (QED) is 0.802. The van der Waals surface area contributed by atoms with Crippen molar-refractivity contribution in [1.82, 2.24) is 10.6 Å². The van der Waals surface area contributed by atoms with Gasteiger partial charge in [-0.3, -0.25) is 4.79 Å². The lowest BCUT2D eigenvalue weighted by Crippen LogP contribution is -2.42. The topological polar surface area (TPSA) is 59.6 Å². The van der Waals surface area contributed by atoms with E-state index in [9.17, 15) is 4.79 Å². The fourth-order valence-corrected chi connectivity index (χ4v) is 3.18.